The zero-order chi connectivity index (χ0) is 17.0. The van der Waals surface area contributed by atoms with Crippen molar-refractivity contribution in [2.45, 2.75) is 45.8 Å². The van der Waals surface area contributed by atoms with E-state index in [9.17, 15) is 14.7 Å². The molecule has 2 rings (SSSR count). The second kappa shape index (κ2) is 7.70. The molecule has 1 aliphatic heterocycles. The Balaban J connectivity index is 2.04. The van der Waals surface area contributed by atoms with E-state index in [1.54, 1.807) is 24.3 Å². The molecule has 3 unspecified atom stereocenters. The Morgan fingerprint density at radius 1 is 1.30 bits per heavy atom. The van der Waals surface area contributed by atoms with Crippen LogP contribution in [0.15, 0.2) is 24.3 Å². The molecule has 5 nitrogen and oxygen atoms in total. The fourth-order valence-electron chi connectivity index (χ4n) is 3.09. The summed E-state index contributed by atoms with van der Waals surface area (Å²) in [6.45, 7) is 6.75. The second-order valence-electron chi connectivity index (χ2n) is 6.40. The van der Waals surface area contributed by atoms with Crippen LogP contribution in [0.25, 0.3) is 0 Å². The minimum Gasteiger partial charge on any atom is -0.393 e. The Bertz CT molecular complexity index is 571. The average molecular weight is 318 g/mol. The molecule has 1 aromatic carbocycles. The first-order chi connectivity index (χ1) is 10.9. The number of hydrogen-bond acceptors (Lipinski definition) is 4. The van der Waals surface area contributed by atoms with Gasteiger partial charge < -0.3 is 10.4 Å². The zero-order valence-corrected chi connectivity index (χ0v) is 14.1. The molecular formula is C18H26N2O3. The van der Waals surface area contributed by atoms with Crippen LogP contribution in [-0.4, -0.2) is 46.9 Å². The second-order valence-corrected chi connectivity index (χ2v) is 6.40. The number of nitrogens with zero attached hydrogens (tertiary/aromatic N) is 1. The van der Waals surface area contributed by atoms with Crippen LogP contribution < -0.4 is 5.32 Å². The van der Waals surface area contributed by atoms with Crippen molar-refractivity contribution in [1.29, 1.82) is 0 Å². The lowest BCUT2D eigenvalue weighted by molar-refractivity contribution is -0.121. The molecule has 1 saturated heterocycles. The molecule has 0 bridgehead atoms. The third-order valence-electron chi connectivity index (χ3n) is 4.66. The molecule has 0 aliphatic carbocycles. The van der Waals surface area contributed by atoms with E-state index < -0.39 is 0 Å². The molecule has 1 aromatic rings. The molecule has 1 heterocycles. The number of carbonyl (C=O) groups is 2. The first kappa shape index (κ1) is 17.6. The number of aliphatic hydroxyl groups excluding tert-OH is 1. The molecule has 2 N–H and O–H groups in total. The van der Waals surface area contributed by atoms with Crippen molar-refractivity contribution in [2.75, 3.05) is 18.4 Å². The van der Waals surface area contributed by atoms with Crippen LogP contribution in [0, 0.1) is 5.92 Å². The smallest absolute Gasteiger partial charge is 0.241 e. The number of nitrogens with one attached hydrogen (secondary N) is 1. The predicted molar refractivity (Wildman–Crippen MR) is 90.5 cm³/mol. The molecule has 0 saturated carbocycles. The van der Waals surface area contributed by atoms with Crippen LogP contribution >= 0.6 is 0 Å². The van der Waals surface area contributed by atoms with Gasteiger partial charge in [-0.1, -0.05) is 12.1 Å². The maximum atomic E-state index is 12.5. The largest absolute Gasteiger partial charge is 0.393 e. The summed E-state index contributed by atoms with van der Waals surface area (Å²) in [7, 11) is 0. The van der Waals surface area contributed by atoms with Crippen molar-refractivity contribution in [3.63, 3.8) is 0 Å². The van der Waals surface area contributed by atoms with Crippen molar-refractivity contribution in [1.82, 2.24) is 4.90 Å². The summed E-state index contributed by atoms with van der Waals surface area (Å²) in [5.41, 5.74) is 1.08. The summed E-state index contributed by atoms with van der Waals surface area (Å²) < 4.78 is 0. The highest BCUT2D eigenvalue weighted by molar-refractivity contribution is 6.04. The van der Waals surface area contributed by atoms with Crippen molar-refractivity contribution in [3.8, 4) is 0 Å². The molecule has 126 valence electrons. The Kier molecular flexibility index (Phi) is 5.91. The topological polar surface area (TPSA) is 69.6 Å². The number of Topliss-reactive ketones (excluding diaryl/α,β-unsaturated/α-hetero) is 1. The van der Waals surface area contributed by atoms with Crippen LogP contribution in [0.3, 0.4) is 0 Å². The van der Waals surface area contributed by atoms with E-state index in [0.717, 1.165) is 25.9 Å². The first-order valence-corrected chi connectivity index (χ1v) is 8.23. The third-order valence-corrected chi connectivity index (χ3v) is 4.66. The van der Waals surface area contributed by atoms with Gasteiger partial charge in [0.15, 0.2) is 5.78 Å². The van der Waals surface area contributed by atoms with E-state index >= 15 is 0 Å². The van der Waals surface area contributed by atoms with E-state index in [1.807, 2.05) is 13.8 Å². The number of likely N-dealkylation sites (tertiary alicyclic amines) is 1. The summed E-state index contributed by atoms with van der Waals surface area (Å²) in [6, 6.07) is 6.75. The highest BCUT2D eigenvalue weighted by Crippen LogP contribution is 2.22. The number of rotatable bonds is 5. The van der Waals surface area contributed by atoms with Crippen LogP contribution in [0.4, 0.5) is 5.69 Å². The van der Waals surface area contributed by atoms with Gasteiger partial charge in [0.1, 0.15) is 0 Å². The number of amides is 1. The number of anilines is 1. The molecule has 0 spiro atoms. The Labute approximate surface area is 137 Å². The molecule has 3 atom stereocenters. The summed E-state index contributed by atoms with van der Waals surface area (Å²) in [5.74, 6) is 0.0224. The van der Waals surface area contributed by atoms with Gasteiger partial charge in [0.2, 0.25) is 5.91 Å². The molecule has 1 fully saturated rings. The van der Waals surface area contributed by atoms with E-state index in [0.29, 0.717) is 11.3 Å². The van der Waals surface area contributed by atoms with Crippen molar-refractivity contribution in [2.24, 2.45) is 5.92 Å². The number of ketones is 1. The molecule has 1 aliphatic rings. The van der Waals surface area contributed by atoms with E-state index in [2.05, 4.69) is 10.2 Å². The SMILES string of the molecule is CC(=O)c1ccccc1NC(=O)C(C)N1CCCC(C(C)O)C1. The lowest BCUT2D eigenvalue weighted by Gasteiger charge is -2.37. The summed E-state index contributed by atoms with van der Waals surface area (Å²) in [4.78, 5) is 26.3. The Morgan fingerprint density at radius 3 is 2.65 bits per heavy atom. The monoisotopic (exact) mass is 318 g/mol. The molecule has 1 amide bonds. The Morgan fingerprint density at radius 2 is 2.00 bits per heavy atom. The number of benzene rings is 1. The highest BCUT2D eigenvalue weighted by Gasteiger charge is 2.29. The minimum atomic E-state index is -0.355. The summed E-state index contributed by atoms with van der Waals surface area (Å²) in [6.07, 6.45) is 1.62. The summed E-state index contributed by atoms with van der Waals surface area (Å²) >= 11 is 0. The van der Waals surface area contributed by atoms with Crippen LogP contribution in [0.1, 0.15) is 44.0 Å². The van der Waals surface area contributed by atoms with Gasteiger partial charge in [-0.25, -0.2) is 0 Å². The maximum Gasteiger partial charge on any atom is 0.241 e. The quantitative estimate of drug-likeness (QED) is 0.818. The number of aliphatic hydroxyl groups is 1. The fourth-order valence-corrected chi connectivity index (χ4v) is 3.09. The first-order valence-electron chi connectivity index (χ1n) is 8.23. The molecular weight excluding hydrogens is 292 g/mol. The number of carbonyl (C=O) groups excluding carboxylic acids is 2. The van der Waals surface area contributed by atoms with Gasteiger partial charge in [-0.3, -0.25) is 14.5 Å². The number of piperidine rings is 1. The van der Waals surface area contributed by atoms with E-state index in [-0.39, 0.29) is 29.8 Å². The lowest BCUT2D eigenvalue weighted by Crippen LogP contribution is -2.48. The molecule has 5 heteroatoms. The van der Waals surface area contributed by atoms with Gasteiger partial charge in [-0.05, 0) is 58.2 Å². The Hall–Kier alpha value is -1.72. The number of hydrogen-bond donors (Lipinski definition) is 2. The normalized spacial score (nSPS) is 21.5. The van der Waals surface area contributed by atoms with Gasteiger partial charge in [0.05, 0.1) is 17.8 Å². The van der Waals surface area contributed by atoms with Crippen LogP contribution in [0.5, 0.6) is 0 Å². The third kappa shape index (κ3) is 4.39. The van der Waals surface area contributed by atoms with Gasteiger partial charge in [-0.2, -0.15) is 0 Å². The van der Waals surface area contributed by atoms with Gasteiger partial charge in [0, 0.05) is 12.1 Å². The van der Waals surface area contributed by atoms with Crippen molar-refractivity contribution >= 4 is 17.4 Å². The van der Waals surface area contributed by atoms with Crippen molar-refractivity contribution < 1.29 is 14.7 Å². The fraction of sp³-hybridized carbons (Fsp3) is 0.556. The summed E-state index contributed by atoms with van der Waals surface area (Å²) in [5, 5.41) is 12.7. The predicted octanol–water partition coefficient (Wildman–Crippen LogP) is 2.31. The average Bonchev–Trinajstić information content (AvgIpc) is 2.54. The lowest BCUT2D eigenvalue weighted by atomic mass is 9.92. The van der Waals surface area contributed by atoms with Gasteiger partial charge in [0.25, 0.3) is 0 Å². The number of para-hydroxylation sites is 1. The maximum absolute atomic E-state index is 12.5. The van der Waals surface area contributed by atoms with Gasteiger partial charge in [-0.15, -0.1) is 0 Å². The zero-order valence-electron chi connectivity index (χ0n) is 14.1. The molecule has 0 radical (unpaired) electrons. The molecule has 23 heavy (non-hydrogen) atoms. The van der Waals surface area contributed by atoms with E-state index in [4.69, 9.17) is 0 Å². The van der Waals surface area contributed by atoms with Crippen LogP contribution in [0.2, 0.25) is 0 Å². The standard InChI is InChI=1S/C18H26N2O3/c1-12(20-10-6-7-15(11-20)13(2)21)18(23)19-17-9-5-4-8-16(17)14(3)22/h4-5,8-9,12-13,15,21H,6-7,10-11H2,1-3H3,(H,19,23). The highest BCUT2D eigenvalue weighted by atomic mass is 16.3. The van der Waals surface area contributed by atoms with Crippen molar-refractivity contribution in [3.05, 3.63) is 29.8 Å². The van der Waals surface area contributed by atoms with Crippen LogP contribution in [-0.2, 0) is 4.79 Å². The molecule has 0 aromatic heterocycles. The minimum absolute atomic E-state index is 0.0688. The van der Waals surface area contributed by atoms with Gasteiger partial charge >= 0.3 is 0 Å². The van der Waals surface area contributed by atoms with E-state index in [1.165, 1.54) is 6.92 Å².